The zero-order valence-electron chi connectivity index (χ0n) is 22.1. The summed E-state index contributed by atoms with van der Waals surface area (Å²) in [6.07, 6.45) is -0.244. The van der Waals surface area contributed by atoms with Crippen molar-refractivity contribution in [3.8, 4) is 0 Å². The number of nitrogens with one attached hydrogen (secondary N) is 1. The van der Waals surface area contributed by atoms with E-state index in [1.807, 2.05) is 74.5 Å². The van der Waals surface area contributed by atoms with Crippen molar-refractivity contribution in [2.24, 2.45) is 5.92 Å². The van der Waals surface area contributed by atoms with Gasteiger partial charge in [-0.15, -0.1) is 0 Å². The summed E-state index contributed by atoms with van der Waals surface area (Å²) >= 11 is 0. The highest BCUT2D eigenvalue weighted by atomic mass is 16.6. The molecule has 0 unspecified atom stereocenters. The monoisotopic (exact) mass is 511 g/mol. The van der Waals surface area contributed by atoms with Crippen LogP contribution in [0, 0.1) is 5.92 Å². The first-order chi connectivity index (χ1) is 17.5. The third kappa shape index (κ3) is 8.93. The second kappa shape index (κ2) is 14.0. The molecule has 37 heavy (non-hydrogen) atoms. The molecule has 0 aliphatic heterocycles. The van der Waals surface area contributed by atoms with Gasteiger partial charge >= 0.3 is 12.1 Å². The van der Waals surface area contributed by atoms with Crippen molar-refractivity contribution in [3.05, 3.63) is 71.8 Å². The minimum Gasteiger partial charge on any atom is -0.480 e. The van der Waals surface area contributed by atoms with Crippen LogP contribution in [0.2, 0.25) is 0 Å². The van der Waals surface area contributed by atoms with Gasteiger partial charge in [0.15, 0.2) is 0 Å². The minimum atomic E-state index is -1.14. The van der Waals surface area contributed by atoms with Crippen LogP contribution in [0.4, 0.5) is 4.79 Å². The molecule has 2 aromatic carbocycles. The van der Waals surface area contributed by atoms with Crippen molar-refractivity contribution in [1.29, 1.82) is 0 Å². The molecule has 2 rings (SSSR count). The summed E-state index contributed by atoms with van der Waals surface area (Å²) in [6.45, 7) is 5.35. The summed E-state index contributed by atoms with van der Waals surface area (Å²) in [6, 6.07) is 15.3. The highest BCUT2D eigenvalue weighted by Gasteiger charge is 2.34. The molecule has 9 nitrogen and oxygen atoms in total. The predicted molar refractivity (Wildman–Crippen MR) is 140 cm³/mol. The molecule has 200 valence electrons. The number of amides is 3. The molecule has 0 saturated heterocycles. The van der Waals surface area contributed by atoms with E-state index >= 15 is 0 Å². The topological polar surface area (TPSA) is 116 Å². The van der Waals surface area contributed by atoms with Gasteiger partial charge in [0.2, 0.25) is 11.8 Å². The standard InChI is InChI=1S/C28H37N3O6/c1-19(2)16-23(27(34)35)29-25(32)24(17-21-12-8-6-9-13-21)31(5)26(33)20(3)30(4)28(36)37-18-22-14-10-7-11-15-22/h6-15,19-20,23-24H,16-18H2,1-5H3,(H,29,32)(H,34,35)/t20-,23-,24-/m0/s1. The van der Waals surface area contributed by atoms with Gasteiger partial charge in [-0.1, -0.05) is 74.5 Å². The molecular formula is C28H37N3O6. The third-order valence-electron chi connectivity index (χ3n) is 6.14. The van der Waals surface area contributed by atoms with Crippen LogP contribution in [-0.4, -0.2) is 71.0 Å². The lowest BCUT2D eigenvalue weighted by Gasteiger charge is -2.33. The molecule has 0 radical (unpaired) electrons. The predicted octanol–water partition coefficient (Wildman–Crippen LogP) is 3.33. The van der Waals surface area contributed by atoms with Gasteiger partial charge in [0, 0.05) is 20.5 Å². The van der Waals surface area contributed by atoms with E-state index in [9.17, 15) is 24.3 Å². The van der Waals surface area contributed by atoms with Gasteiger partial charge in [-0.2, -0.15) is 0 Å². The number of rotatable bonds is 12. The maximum Gasteiger partial charge on any atom is 0.410 e. The van der Waals surface area contributed by atoms with E-state index in [2.05, 4.69) is 5.32 Å². The molecule has 0 spiro atoms. The Bertz CT molecular complexity index is 1040. The SMILES string of the molecule is CC(C)C[C@H](NC(=O)[C@H](Cc1ccccc1)N(C)C(=O)[C@H](C)N(C)C(=O)OCc1ccccc1)C(=O)O. The molecule has 3 atom stereocenters. The van der Waals surface area contributed by atoms with Crippen LogP contribution in [0.3, 0.4) is 0 Å². The number of carbonyl (C=O) groups is 4. The van der Waals surface area contributed by atoms with Crippen molar-refractivity contribution in [2.75, 3.05) is 14.1 Å². The molecular weight excluding hydrogens is 474 g/mol. The fraction of sp³-hybridized carbons (Fsp3) is 0.429. The maximum atomic E-state index is 13.4. The Hall–Kier alpha value is -3.88. The second-order valence-corrected chi connectivity index (χ2v) is 9.51. The second-order valence-electron chi connectivity index (χ2n) is 9.51. The Labute approximate surface area is 218 Å². The number of likely N-dealkylation sites (N-methyl/N-ethyl adjacent to an activating group) is 2. The molecule has 9 heteroatoms. The Morgan fingerprint density at radius 1 is 0.865 bits per heavy atom. The Balaban J connectivity index is 2.16. The van der Waals surface area contributed by atoms with E-state index in [1.54, 1.807) is 6.92 Å². The lowest BCUT2D eigenvalue weighted by Crippen LogP contribution is -2.56. The maximum absolute atomic E-state index is 13.4. The molecule has 0 aliphatic rings. The smallest absolute Gasteiger partial charge is 0.410 e. The average Bonchev–Trinajstić information content (AvgIpc) is 2.89. The third-order valence-corrected chi connectivity index (χ3v) is 6.14. The lowest BCUT2D eigenvalue weighted by molar-refractivity contribution is -0.145. The number of aliphatic carboxylic acids is 1. The first kappa shape index (κ1) is 29.4. The van der Waals surface area contributed by atoms with E-state index in [0.29, 0.717) is 0 Å². The van der Waals surface area contributed by atoms with Crippen LogP contribution in [0.15, 0.2) is 60.7 Å². The first-order valence-corrected chi connectivity index (χ1v) is 12.3. The van der Waals surface area contributed by atoms with Crippen LogP contribution < -0.4 is 5.32 Å². The number of carboxylic acids is 1. The van der Waals surface area contributed by atoms with Crippen LogP contribution in [0.25, 0.3) is 0 Å². The van der Waals surface area contributed by atoms with Crippen molar-refractivity contribution in [2.45, 2.75) is 58.3 Å². The number of hydrogen-bond donors (Lipinski definition) is 2. The number of carbonyl (C=O) groups excluding carboxylic acids is 3. The number of hydrogen-bond acceptors (Lipinski definition) is 5. The van der Waals surface area contributed by atoms with E-state index < -0.39 is 42.0 Å². The van der Waals surface area contributed by atoms with Crippen LogP contribution in [-0.2, 0) is 32.1 Å². The Morgan fingerprint density at radius 2 is 1.41 bits per heavy atom. The van der Waals surface area contributed by atoms with Gasteiger partial charge in [0.25, 0.3) is 0 Å². The van der Waals surface area contributed by atoms with Crippen molar-refractivity contribution < 1.29 is 29.0 Å². The van der Waals surface area contributed by atoms with E-state index in [4.69, 9.17) is 4.74 Å². The summed E-state index contributed by atoms with van der Waals surface area (Å²) in [5, 5.41) is 12.2. The highest BCUT2D eigenvalue weighted by molar-refractivity contribution is 5.92. The Morgan fingerprint density at radius 3 is 1.92 bits per heavy atom. The van der Waals surface area contributed by atoms with Gasteiger partial charge in [-0.3, -0.25) is 14.5 Å². The van der Waals surface area contributed by atoms with Crippen LogP contribution in [0.5, 0.6) is 0 Å². The molecule has 0 aliphatic carbocycles. The quantitative estimate of drug-likeness (QED) is 0.452. The number of carboxylic acid groups (broad SMARTS) is 1. The van der Waals surface area contributed by atoms with Gasteiger partial charge in [0.1, 0.15) is 24.7 Å². The summed E-state index contributed by atoms with van der Waals surface area (Å²) in [5.41, 5.74) is 1.62. The summed E-state index contributed by atoms with van der Waals surface area (Å²) in [4.78, 5) is 53.5. The summed E-state index contributed by atoms with van der Waals surface area (Å²) < 4.78 is 5.33. The van der Waals surface area contributed by atoms with E-state index in [-0.39, 0.29) is 25.4 Å². The van der Waals surface area contributed by atoms with Crippen molar-refractivity contribution in [3.63, 3.8) is 0 Å². The lowest BCUT2D eigenvalue weighted by atomic mass is 10.0. The zero-order chi connectivity index (χ0) is 27.5. The molecule has 2 N–H and O–H groups in total. The number of nitrogens with zero attached hydrogens (tertiary/aromatic N) is 2. The van der Waals surface area contributed by atoms with Crippen molar-refractivity contribution >= 4 is 23.9 Å². The van der Waals surface area contributed by atoms with E-state index in [1.165, 1.54) is 23.9 Å². The zero-order valence-corrected chi connectivity index (χ0v) is 22.1. The van der Waals surface area contributed by atoms with Crippen LogP contribution in [0.1, 0.15) is 38.3 Å². The van der Waals surface area contributed by atoms with Crippen LogP contribution >= 0.6 is 0 Å². The van der Waals surface area contributed by atoms with Gasteiger partial charge in [-0.05, 0) is 30.4 Å². The fourth-order valence-corrected chi connectivity index (χ4v) is 3.80. The largest absolute Gasteiger partial charge is 0.480 e. The van der Waals surface area contributed by atoms with Gasteiger partial charge in [-0.25, -0.2) is 9.59 Å². The Kier molecular flexibility index (Phi) is 11.1. The molecule has 0 bridgehead atoms. The summed E-state index contributed by atoms with van der Waals surface area (Å²) in [5.74, 6) is -2.15. The first-order valence-electron chi connectivity index (χ1n) is 12.3. The highest BCUT2D eigenvalue weighted by Crippen LogP contribution is 2.14. The average molecular weight is 512 g/mol. The molecule has 0 heterocycles. The minimum absolute atomic E-state index is 0.0453. The number of benzene rings is 2. The normalized spacial score (nSPS) is 13.2. The van der Waals surface area contributed by atoms with Crippen molar-refractivity contribution in [1.82, 2.24) is 15.1 Å². The molecule has 0 fully saturated rings. The molecule has 3 amide bonds. The molecule has 2 aromatic rings. The van der Waals surface area contributed by atoms with Gasteiger partial charge < -0.3 is 20.1 Å². The number of ether oxygens (including phenoxy) is 1. The van der Waals surface area contributed by atoms with Gasteiger partial charge in [0.05, 0.1) is 0 Å². The molecule has 0 saturated carbocycles. The fourth-order valence-electron chi connectivity index (χ4n) is 3.80. The van der Waals surface area contributed by atoms with E-state index in [0.717, 1.165) is 11.1 Å². The molecule has 0 aromatic heterocycles. The summed E-state index contributed by atoms with van der Waals surface area (Å²) in [7, 11) is 2.94.